The van der Waals surface area contributed by atoms with Crippen LogP contribution in [0.4, 0.5) is 0 Å². The second-order valence-electron chi connectivity index (χ2n) is 8.71. The third-order valence-electron chi connectivity index (χ3n) is 6.08. The lowest BCUT2D eigenvalue weighted by molar-refractivity contribution is 0.0579. The number of rotatable bonds is 16. The van der Waals surface area contributed by atoms with Crippen molar-refractivity contribution in [3.8, 4) is 5.75 Å². The summed E-state index contributed by atoms with van der Waals surface area (Å²) in [5.74, 6) is -0.114. The van der Waals surface area contributed by atoms with Crippen LogP contribution in [0.1, 0.15) is 72.7 Å². The van der Waals surface area contributed by atoms with Gasteiger partial charge in [0, 0.05) is 12.5 Å². The van der Waals surface area contributed by atoms with Crippen molar-refractivity contribution >= 4 is 27.0 Å². The molecule has 0 saturated heterocycles. The maximum absolute atomic E-state index is 13.8. The van der Waals surface area contributed by atoms with Gasteiger partial charge in [-0.05, 0) is 64.4 Å². The molecule has 0 radical (unpaired) electrons. The van der Waals surface area contributed by atoms with E-state index in [1.807, 2.05) is 0 Å². The molecule has 2 amide bonds. The van der Waals surface area contributed by atoms with Crippen molar-refractivity contribution in [2.24, 2.45) is 0 Å². The van der Waals surface area contributed by atoms with E-state index in [9.17, 15) is 18.7 Å². The Hall–Kier alpha value is -2.32. The maximum Gasteiger partial charge on any atom is 0.350 e. The van der Waals surface area contributed by atoms with Gasteiger partial charge >= 0.3 is 15.2 Å². The second-order valence-corrected chi connectivity index (χ2v) is 13.3. The quantitative estimate of drug-likeness (QED) is 0.158. The molecule has 0 spiro atoms. The fraction of sp³-hybridized carbons (Fsp3) is 0.481. The number of nitrogens with zero attached hydrogens (tertiary/aromatic N) is 1. The van der Waals surface area contributed by atoms with Crippen molar-refractivity contribution in [3.63, 3.8) is 0 Å². The minimum atomic E-state index is -3.95. The van der Waals surface area contributed by atoms with Crippen molar-refractivity contribution in [3.05, 3.63) is 65.2 Å². The van der Waals surface area contributed by atoms with Crippen molar-refractivity contribution in [1.82, 2.24) is 4.90 Å². The Morgan fingerprint density at radius 3 is 1.56 bits per heavy atom. The summed E-state index contributed by atoms with van der Waals surface area (Å²) in [6.45, 7) is 9.07. The molecule has 214 valence electrons. The molecule has 2 aromatic rings. The lowest BCUT2D eigenvalue weighted by Gasteiger charge is -2.31. The number of carbonyl (C=O) groups is 2. The van der Waals surface area contributed by atoms with Gasteiger partial charge in [0.2, 0.25) is 0 Å². The van der Waals surface area contributed by atoms with Crippen LogP contribution < -0.4 is 4.74 Å². The van der Waals surface area contributed by atoms with E-state index >= 15 is 0 Å². The Labute approximate surface area is 230 Å². The van der Waals surface area contributed by atoms with Gasteiger partial charge in [-0.25, -0.2) is 0 Å². The third kappa shape index (κ3) is 6.88. The topological polar surface area (TPSA) is 118 Å². The van der Waals surface area contributed by atoms with E-state index in [-0.39, 0.29) is 50.9 Å². The fourth-order valence-corrected chi connectivity index (χ4v) is 9.85. The molecule has 10 nitrogen and oxygen atoms in total. The summed E-state index contributed by atoms with van der Waals surface area (Å²) in [5, 5.41) is -1.28. The van der Waals surface area contributed by atoms with Gasteiger partial charge in [-0.15, -0.1) is 0 Å². The van der Waals surface area contributed by atoms with E-state index in [1.165, 1.54) is 4.90 Å². The highest BCUT2D eigenvalue weighted by Gasteiger charge is 2.52. The molecular weight excluding hydrogens is 544 g/mol. The van der Waals surface area contributed by atoms with Crippen molar-refractivity contribution in [2.45, 2.75) is 52.5 Å². The summed E-state index contributed by atoms with van der Waals surface area (Å²) in [7, 11) is -7.91. The molecular formula is C27H37NO9P2. The van der Waals surface area contributed by atoms with Gasteiger partial charge in [0.05, 0.1) is 44.2 Å². The first-order chi connectivity index (χ1) is 18.7. The van der Waals surface area contributed by atoms with Crippen LogP contribution in [0.15, 0.2) is 48.5 Å². The zero-order valence-electron chi connectivity index (χ0n) is 23.0. The molecule has 1 aliphatic heterocycles. The summed E-state index contributed by atoms with van der Waals surface area (Å²) in [4.78, 5) is 26.7. The first-order valence-electron chi connectivity index (χ1n) is 13.1. The van der Waals surface area contributed by atoms with Gasteiger partial charge in [0.15, 0.2) is 5.40 Å². The predicted molar refractivity (Wildman–Crippen MR) is 147 cm³/mol. The molecule has 0 fully saturated rings. The van der Waals surface area contributed by atoms with Crippen molar-refractivity contribution in [2.75, 3.05) is 33.0 Å². The maximum atomic E-state index is 13.8. The van der Waals surface area contributed by atoms with Crippen LogP contribution in [-0.2, 0) is 27.2 Å². The molecule has 0 saturated carbocycles. The molecule has 12 heteroatoms. The van der Waals surface area contributed by atoms with E-state index in [0.29, 0.717) is 28.9 Å². The fourth-order valence-electron chi connectivity index (χ4n) is 4.44. The molecule has 39 heavy (non-hydrogen) atoms. The minimum absolute atomic E-state index is 0.0819. The van der Waals surface area contributed by atoms with Crippen LogP contribution in [0.2, 0.25) is 0 Å². The number of imide groups is 1. The van der Waals surface area contributed by atoms with Gasteiger partial charge < -0.3 is 22.8 Å². The number of hydrogen-bond donors (Lipinski definition) is 0. The molecule has 1 atom stereocenters. The lowest BCUT2D eigenvalue weighted by atomic mass is 10.1. The number of carbonyl (C=O) groups excluding carboxylic acids is 2. The molecule has 1 heterocycles. The third-order valence-corrected chi connectivity index (χ3v) is 12.0. The molecule has 1 unspecified atom stereocenters. The van der Waals surface area contributed by atoms with E-state index in [2.05, 4.69) is 0 Å². The van der Waals surface area contributed by atoms with E-state index in [4.69, 9.17) is 22.8 Å². The lowest BCUT2D eigenvalue weighted by Crippen LogP contribution is -2.38. The predicted octanol–water partition coefficient (Wildman–Crippen LogP) is 6.67. The second kappa shape index (κ2) is 13.8. The van der Waals surface area contributed by atoms with Crippen molar-refractivity contribution in [1.29, 1.82) is 0 Å². The van der Waals surface area contributed by atoms with Crippen LogP contribution >= 0.6 is 15.2 Å². The summed E-state index contributed by atoms with van der Waals surface area (Å²) >= 11 is 0. The van der Waals surface area contributed by atoms with Crippen LogP contribution in [0.25, 0.3) is 0 Å². The molecule has 0 aromatic heterocycles. The summed E-state index contributed by atoms with van der Waals surface area (Å²) < 4.78 is 55.7. The number of hydrogen-bond acceptors (Lipinski definition) is 9. The van der Waals surface area contributed by atoms with E-state index in [0.717, 1.165) is 0 Å². The minimum Gasteiger partial charge on any atom is -0.494 e. The van der Waals surface area contributed by atoms with Crippen LogP contribution in [-0.4, -0.2) is 55.8 Å². The van der Waals surface area contributed by atoms with Crippen LogP contribution in [0, 0.1) is 0 Å². The standard InChI is InChI=1S/C27H37NO9P2/c1-6-34-38(31,35-7-2)27(39(32,36-8-3)37-9-4)21-14-16-22(17-15-21)33-19-18-20(5)28-25(29)23-12-10-11-13-24(23)26(28)30/h10-17,20,27H,6-9,18-19H2,1-5H3. The Bertz CT molecular complexity index is 1150. The molecule has 0 N–H and O–H groups in total. The average Bonchev–Trinajstić information content (AvgIpc) is 3.15. The smallest absolute Gasteiger partial charge is 0.350 e. The normalized spacial score (nSPS) is 14.7. The Morgan fingerprint density at radius 2 is 1.15 bits per heavy atom. The molecule has 1 aliphatic rings. The highest BCUT2D eigenvalue weighted by molar-refractivity contribution is 7.72. The monoisotopic (exact) mass is 581 g/mol. The highest BCUT2D eigenvalue weighted by atomic mass is 31.2. The van der Waals surface area contributed by atoms with Crippen LogP contribution in [0.3, 0.4) is 0 Å². The Balaban J connectivity index is 1.75. The van der Waals surface area contributed by atoms with Gasteiger partial charge in [0.1, 0.15) is 5.75 Å². The summed E-state index contributed by atoms with van der Waals surface area (Å²) in [6, 6.07) is 13.0. The first kappa shape index (κ1) is 31.2. The number of amides is 2. The number of benzene rings is 2. The summed E-state index contributed by atoms with van der Waals surface area (Å²) in [5.41, 5.74) is 1.22. The molecule has 0 bridgehead atoms. The average molecular weight is 582 g/mol. The Morgan fingerprint density at radius 1 is 0.718 bits per heavy atom. The largest absolute Gasteiger partial charge is 0.494 e. The van der Waals surface area contributed by atoms with Gasteiger partial charge in [-0.3, -0.25) is 23.6 Å². The molecule has 3 rings (SSSR count). The van der Waals surface area contributed by atoms with Gasteiger partial charge in [-0.2, -0.15) is 0 Å². The highest BCUT2D eigenvalue weighted by Crippen LogP contribution is 2.78. The van der Waals surface area contributed by atoms with E-state index in [1.54, 1.807) is 83.1 Å². The number of fused-ring (bicyclic) bond motifs is 1. The van der Waals surface area contributed by atoms with Crippen molar-refractivity contribution < 1.29 is 41.6 Å². The van der Waals surface area contributed by atoms with Crippen LogP contribution in [0.5, 0.6) is 5.75 Å². The Kier molecular flexibility index (Phi) is 11.1. The summed E-state index contributed by atoms with van der Waals surface area (Å²) in [6.07, 6.45) is 0.420. The van der Waals surface area contributed by atoms with Gasteiger partial charge in [-0.1, -0.05) is 24.3 Å². The zero-order valence-corrected chi connectivity index (χ0v) is 24.8. The van der Waals surface area contributed by atoms with E-state index < -0.39 is 20.6 Å². The van der Waals surface area contributed by atoms with Gasteiger partial charge in [0.25, 0.3) is 11.8 Å². The molecule has 0 aliphatic carbocycles. The first-order valence-corrected chi connectivity index (χ1v) is 16.3. The SMILES string of the molecule is CCOP(=O)(OCC)C(c1ccc(OCCC(C)N2C(=O)c3ccccc3C2=O)cc1)P(=O)(OCC)OCC. The molecule has 2 aromatic carbocycles. The zero-order chi connectivity index (χ0) is 28.6. The number of ether oxygens (including phenoxy) is 1.